The molecule has 314 valence electrons. The molecule has 4 unspecified atom stereocenters. The number of cyclic esters (lactones) is 2. The minimum atomic E-state index is -0.270. The van der Waals surface area contributed by atoms with Gasteiger partial charge in [-0.3, -0.25) is 9.59 Å². The number of aliphatic hydroxyl groups is 2. The Hall–Kier alpha value is -2.90. The molecule has 2 fully saturated rings. The van der Waals surface area contributed by atoms with Crippen molar-refractivity contribution in [2.24, 2.45) is 11.8 Å². The molecule has 2 aliphatic heterocycles. The second kappa shape index (κ2) is 36.4. The molecule has 0 aromatic carbocycles. The Morgan fingerprint density at radius 3 is 0.893 bits per heavy atom. The predicted molar refractivity (Wildman–Crippen MR) is 229 cm³/mol. The molecule has 0 spiro atoms. The largest absolute Gasteiger partial charge is 0.460 e. The van der Waals surface area contributed by atoms with Gasteiger partial charge in [-0.25, -0.2) is 0 Å². The molecule has 2 heterocycles. The van der Waals surface area contributed by atoms with E-state index in [1.165, 1.54) is 128 Å². The van der Waals surface area contributed by atoms with E-state index in [9.17, 15) is 9.59 Å². The SMILES string of the molecule is O=C1OC(CO)CC1CCCCCCCCCCC#CCCCCCCC#CC#CCCCCCCC#CCCCCCCCCCCC1CC(CO)OC1=O. The summed E-state index contributed by atoms with van der Waals surface area (Å²) >= 11 is 0. The minimum absolute atomic E-state index is 0.00706. The lowest BCUT2D eigenvalue weighted by molar-refractivity contribution is -0.146. The monoisotopic (exact) mass is 775 g/mol. The van der Waals surface area contributed by atoms with E-state index in [2.05, 4.69) is 47.4 Å². The lowest BCUT2D eigenvalue weighted by Crippen LogP contribution is -2.10. The molecule has 0 bridgehead atoms. The summed E-state index contributed by atoms with van der Waals surface area (Å²) in [5.74, 6) is 25.7. The smallest absolute Gasteiger partial charge is 0.309 e. The van der Waals surface area contributed by atoms with E-state index in [-0.39, 0.29) is 49.2 Å². The van der Waals surface area contributed by atoms with E-state index < -0.39 is 0 Å². The molecule has 2 aliphatic rings. The van der Waals surface area contributed by atoms with Crippen LogP contribution in [0.5, 0.6) is 0 Å². The number of unbranched alkanes of at least 4 members (excludes halogenated alkanes) is 26. The summed E-state index contributed by atoms with van der Waals surface area (Å²) < 4.78 is 10.3. The molecule has 0 amide bonds. The van der Waals surface area contributed by atoms with Crippen LogP contribution in [0.25, 0.3) is 0 Å². The van der Waals surface area contributed by atoms with Gasteiger partial charge in [0.2, 0.25) is 0 Å². The van der Waals surface area contributed by atoms with E-state index in [1.807, 2.05) is 0 Å². The lowest BCUT2D eigenvalue weighted by atomic mass is 9.97. The minimum Gasteiger partial charge on any atom is -0.460 e. The second-order valence-corrected chi connectivity index (χ2v) is 16.2. The zero-order valence-corrected chi connectivity index (χ0v) is 35.3. The third-order valence-corrected chi connectivity index (χ3v) is 11.1. The van der Waals surface area contributed by atoms with Crippen molar-refractivity contribution < 1.29 is 29.3 Å². The summed E-state index contributed by atoms with van der Waals surface area (Å²) in [6.45, 7) is -0.0952. The van der Waals surface area contributed by atoms with E-state index in [0.29, 0.717) is 12.8 Å². The van der Waals surface area contributed by atoms with Gasteiger partial charge in [-0.05, 0) is 76.0 Å². The van der Waals surface area contributed by atoms with Crippen LogP contribution in [-0.4, -0.2) is 47.6 Å². The summed E-state index contributed by atoms with van der Waals surface area (Å²) in [5, 5.41) is 18.3. The molecule has 0 radical (unpaired) electrons. The highest BCUT2D eigenvalue weighted by molar-refractivity contribution is 5.75. The van der Waals surface area contributed by atoms with Gasteiger partial charge in [0.1, 0.15) is 12.2 Å². The quantitative estimate of drug-likeness (QED) is 0.0402. The van der Waals surface area contributed by atoms with Gasteiger partial charge in [-0.1, -0.05) is 127 Å². The molecule has 56 heavy (non-hydrogen) atoms. The normalized spacial score (nSPS) is 18.5. The maximum absolute atomic E-state index is 11.7. The van der Waals surface area contributed by atoms with Gasteiger partial charge in [0.15, 0.2) is 0 Å². The molecule has 0 aromatic heterocycles. The number of ether oxygens (including phenoxy) is 2. The van der Waals surface area contributed by atoms with Gasteiger partial charge < -0.3 is 19.7 Å². The number of carbonyl (C=O) groups excluding carboxylic acids is 2. The van der Waals surface area contributed by atoms with Crippen molar-refractivity contribution in [3.05, 3.63) is 0 Å². The average molecular weight is 775 g/mol. The zero-order valence-electron chi connectivity index (χ0n) is 35.3. The molecule has 6 nitrogen and oxygen atoms in total. The van der Waals surface area contributed by atoms with Crippen LogP contribution in [0.1, 0.15) is 218 Å². The first-order chi connectivity index (χ1) is 27.6. The van der Waals surface area contributed by atoms with Crippen LogP contribution >= 0.6 is 0 Å². The summed E-state index contributed by atoms with van der Waals surface area (Å²) in [4.78, 5) is 23.5. The Bertz CT molecular complexity index is 1160. The van der Waals surface area contributed by atoms with Gasteiger partial charge in [-0.15, -0.1) is 23.7 Å². The van der Waals surface area contributed by atoms with Crippen LogP contribution in [0.2, 0.25) is 0 Å². The molecule has 2 rings (SSSR count). The maximum Gasteiger partial charge on any atom is 0.309 e. The number of hydrogen-bond acceptors (Lipinski definition) is 6. The van der Waals surface area contributed by atoms with Crippen LogP contribution in [0.4, 0.5) is 0 Å². The number of rotatable bonds is 32. The van der Waals surface area contributed by atoms with Gasteiger partial charge in [0.05, 0.1) is 25.0 Å². The Balaban J connectivity index is 1.22. The van der Waals surface area contributed by atoms with Crippen LogP contribution in [0.3, 0.4) is 0 Å². The standard InChI is InChI=1S/C50H78O6/c51-43-47-41-45(49(53)55-47)39-37-35-33-31-29-27-25-23-21-19-17-15-13-11-9-7-5-3-1-2-4-6-8-10-12-14-16-18-20-22-24-26-28-30-32-34-36-38-40-46-42-48(44-52)56-50(46)54/h45-48,51-52H,5-16,21-44H2. The lowest BCUT2D eigenvalue weighted by Gasteiger charge is -2.05. The third kappa shape index (κ3) is 27.7. The van der Waals surface area contributed by atoms with E-state index in [1.54, 1.807) is 0 Å². The fourth-order valence-electron chi connectivity index (χ4n) is 7.60. The summed E-state index contributed by atoms with van der Waals surface area (Å²) in [6.07, 6.45) is 38.0. The first-order valence-corrected chi connectivity index (χ1v) is 23.1. The zero-order chi connectivity index (χ0) is 40.0. The molecule has 0 aliphatic carbocycles. The average Bonchev–Trinajstić information content (AvgIpc) is 3.76. The van der Waals surface area contributed by atoms with Gasteiger partial charge in [0, 0.05) is 38.5 Å². The highest BCUT2D eigenvalue weighted by Gasteiger charge is 2.34. The molecule has 2 saturated heterocycles. The fraction of sp³-hybridized carbons (Fsp3) is 0.800. The highest BCUT2D eigenvalue weighted by Crippen LogP contribution is 2.27. The molecular weight excluding hydrogens is 697 g/mol. The molecule has 0 saturated carbocycles. The Kier molecular flexibility index (Phi) is 32.0. The topological polar surface area (TPSA) is 93.1 Å². The third-order valence-electron chi connectivity index (χ3n) is 11.1. The first kappa shape index (κ1) is 49.2. The van der Waals surface area contributed by atoms with Crippen molar-refractivity contribution in [3.8, 4) is 47.4 Å². The molecule has 4 atom stereocenters. The first-order valence-electron chi connectivity index (χ1n) is 23.1. The van der Waals surface area contributed by atoms with E-state index in [4.69, 9.17) is 19.7 Å². The molecule has 6 heteroatoms. The number of aliphatic hydroxyl groups excluding tert-OH is 2. The molecular formula is C50H78O6. The number of carbonyl (C=O) groups is 2. The highest BCUT2D eigenvalue weighted by atomic mass is 16.6. The van der Waals surface area contributed by atoms with Crippen molar-refractivity contribution in [2.75, 3.05) is 13.2 Å². The predicted octanol–water partition coefficient (Wildman–Crippen LogP) is 11.3. The van der Waals surface area contributed by atoms with Gasteiger partial charge in [0.25, 0.3) is 0 Å². The van der Waals surface area contributed by atoms with Crippen LogP contribution < -0.4 is 0 Å². The Morgan fingerprint density at radius 2 is 0.625 bits per heavy atom. The van der Waals surface area contributed by atoms with E-state index >= 15 is 0 Å². The van der Waals surface area contributed by atoms with Crippen molar-refractivity contribution in [3.63, 3.8) is 0 Å². The van der Waals surface area contributed by atoms with Crippen molar-refractivity contribution >= 4 is 11.9 Å². The van der Waals surface area contributed by atoms with Crippen molar-refractivity contribution in [1.29, 1.82) is 0 Å². The van der Waals surface area contributed by atoms with Crippen molar-refractivity contribution in [1.82, 2.24) is 0 Å². The summed E-state index contributed by atoms with van der Waals surface area (Å²) in [5.41, 5.74) is 0. The van der Waals surface area contributed by atoms with E-state index in [0.717, 1.165) is 77.0 Å². The van der Waals surface area contributed by atoms with Crippen LogP contribution in [0.15, 0.2) is 0 Å². The van der Waals surface area contributed by atoms with Crippen LogP contribution in [-0.2, 0) is 19.1 Å². The number of hydrogen-bond donors (Lipinski definition) is 2. The maximum atomic E-state index is 11.7. The Morgan fingerprint density at radius 1 is 0.375 bits per heavy atom. The second-order valence-electron chi connectivity index (χ2n) is 16.2. The fourth-order valence-corrected chi connectivity index (χ4v) is 7.60. The number of esters is 2. The molecule has 2 N–H and O–H groups in total. The van der Waals surface area contributed by atoms with Crippen molar-refractivity contribution in [2.45, 2.75) is 231 Å². The summed E-state index contributed by atoms with van der Waals surface area (Å²) in [6, 6.07) is 0. The summed E-state index contributed by atoms with van der Waals surface area (Å²) in [7, 11) is 0. The van der Waals surface area contributed by atoms with Crippen LogP contribution in [0, 0.1) is 59.2 Å². The van der Waals surface area contributed by atoms with Gasteiger partial charge in [-0.2, -0.15) is 0 Å². The molecule has 0 aromatic rings. The Labute approximate surface area is 343 Å². The van der Waals surface area contributed by atoms with Gasteiger partial charge >= 0.3 is 11.9 Å².